The lowest BCUT2D eigenvalue weighted by Gasteiger charge is -2.23. The van der Waals surface area contributed by atoms with Crippen molar-refractivity contribution in [1.82, 2.24) is 10.2 Å². The van der Waals surface area contributed by atoms with Gasteiger partial charge in [-0.05, 0) is 18.1 Å². The van der Waals surface area contributed by atoms with Gasteiger partial charge in [-0.25, -0.2) is 0 Å². The van der Waals surface area contributed by atoms with Crippen molar-refractivity contribution in [2.45, 2.75) is 19.5 Å². The molecular weight excluding hydrogens is 220 g/mol. The molecule has 2 rings (SSSR count). The molecule has 1 aliphatic heterocycles. The van der Waals surface area contributed by atoms with E-state index in [-0.39, 0.29) is 12.5 Å². The van der Waals surface area contributed by atoms with Gasteiger partial charge in [0.25, 0.3) is 0 Å². The number of carbonyl (C=O) groups excluding carboxylic acids is 1. The molecule has 0 bridgehead atoms. The largest absolute Gasteiger partial charge is 0.467 e. The summed E-state index contributed by atoms with van der Waals surface area (Å²) >= 11 is 0. The minimum atomic E-state index is -0.491. The summed E-state index contributed by atoms with van der Waals surface area (Å²) in [5.41, 5.74) is 0. The summed E-state index contributed by atoms with van der Waals surface area (Å²) < 4.78 is 5.25. The number of aliphatic hydroxyl groups is 1. The van der Waals surface area contributed by atoms with Crippen molar-refractivity contribution >= 4 is 5.91 Å². The molecular formula is C12H18N2O3. The van der Waals surface area contributed by atoms with Crippen LogP contribution in [0.25, 0.3) is 0 Å². The summed E-state index contributed by atoms with van der Waals surface area (Å²) in [6, 6.07) is 3.17. The fourth-order valence-electron chi connectivity index (χ4n) is 2.06. The Morgan fingerprint density at radius 2 is 2.47 bits per heavy atom. The molecule has 94 valence electrons. The minimum absolute atomic E-state index is 0.0618. The molecule has 0 radical (unpaired) electrons. The van der Waals surface area contributed by atoms with E-state index in [0.717, 1.165) is 12.3 Å². The minimum Gasteiger partial charge on any atom is -0.467 e. The van der Waals surface area contributed by atoms with Crippen molar-refractivity contribution in [1.29, 1.82) is 0 Å². The van der Waals surface area contributed by atoms with Crippen LogP contribution in [0.1, 0.15) is 12.7 Å². The summed E-state index contributed by atoms with van der Waals surface area (Å²) in [4.78, 5) is 13.9. The highest BCUT2D eigenvalue weighted by Gasteiger charge is 2.29. The normalized spacial score (nSPS) is 26.0. The average Bonchev–Trinajstić information content (AvgIpc) is 2.77. The molecule has 5 heteroatoms. The zero-order valence-electron chi connectivity index (χ0n) is 9.93. The third-order valence-electron chi connectivity index (χ3n) is 2.96. The van der Waals surface area contributed by atoms with Gasteiger partial charge in [-0.1, -0.05) is 6.92 Å². The first kappa shape index (κ1) is 12.1. The van der Waals surface area contributed by atoms with Crippen molar-refractivity contribution in [3.63, 3.8) is 0 Å². The second-order valence-electron chi connectivity index (χ2n) is 4.55. The van der Waals surface area contributed by atoms with Gasteiger partial charge in [-0.15, -0.1) is 0 Å². The SMILES string of the molecule is CC1CNC(CO)C(=O)N(Cc2ccco2)C1. The topological polar surface area (TPSA) is 65.7 Å². The molecule has 1 saturated heterocycles. The van der Waals surface area contributed by atoms with E-state index in [1.54, 1.807) is 11.2 Å². The number of aliphatic hydroxyl groups excluding tert-OH is 1. The third-order valence-corrected chi connectivity index (χ3v) is 2.96. The highest BCUT2D eigenvalue weighted by molar-refractivity contribution is 5.82. The molecule has 0 aromatic carbocycles. The Labute approximate surface area is 100 Å². The van der Waals surface area contributed by atoms with Crippen molar-refractivity contribution in [2.24, 2.45) is 5.92 Å². The summed E-state index contributed by atoms with van der Waals surface area (Å²) in [5.74, 6) is 1.07. The first-order valence-electron chi connectivity index (χ1n) is 5.86. The number of hydrogen-bond acceptors (Lipinski definition) is 4. The monoisotopic (exact) mass is 238 g/mol. The Morgan fingerprint density at radius 3 is 3.12 bits per heavy atom. The van der Waals surface area contributed by atoms with Crippen LogP contribution in [0.2, 0.25) is 0 Å². The Morgan fingerprint density at radius 1 is 1.65 bits per heavy atom. The van der Waals surface area contributed by atoms with Crippen LogP contribution in [0.15, 0.2) is 22.8 Å². The number of carbonyl (C=O) groups is 1. The van der Waals surface area contributed by atoms with Gasteiger partial charge in [-0.3, -0.25) is 4.79 Å². The zero-order chi connectivity index (χ0) is 12.3. The molecule has 0 spiro atoms. The number of hydrogen-bond donors (Lipinski definition) is 2. The smallest absolute Gasteiger partial charge is 0.242 e. The quantitative estimate of drug-likeness (QED) is 0.790. The number of amides is 1. The molecule has 2 atom stereocenters. The predicted molar refractivity (Wildman–Crippen MR) is 62.2 cm³/mol. The van der Waals surface area contributed by atoms with E-state index in [4.69, 9.17) is 4.42 Å². The van der Waals surface area contributed by atoms with E-state index in [9.17, 15) is 9.90 Å². The van der Waals surface area contributed by atoms with Gasteiger partial charge in [0.15, 0.2) is 0 Å². The lowest BCUT2D eigenvalue weighted by molar-refractivity contribution is -0.134. The molecule has 1 fully saturated rings. The number of nitrogens with one attached hydrogen (secondary N) is 1. The second-order valence-corrected chi connectivity index (χ2v) is 4.55. The first-order chi connectivity index (χ1) is 8.20. The van der Waals surface area contributed by atoms with Gasteiger partial charge in [0.05, 0.1) is 19.4 Å². The molecule has 1 aromatic rings. The second kappa shape index (κ2) is 5.33. The highest BCUT2D eigenvalue weighted by atomic mass is 16.3. The Hall–Kier alpha value is -1.33. The van der Waals surface area contributed by atoms with E-state index < -0.39 is 6.04 Å². The van der Waals surface area contributed by atoms with Crippen LogP contribution in [-0.2, 0) is 11.3 Å². The van der Waals surface area contributed by atoms with Crippen molar-refractivity contribution < 1.29 is 14.3 Å². The molecule has 5 nitrogen and oxygen atoms in total. The molecule has 17 heavy (non-hydrogen) atoms. The van der Waals surface area contributed by atoms with Crippen LogP contribution in [-0.4, -0.2) is 41.7 Å². The zero-order valence-corrected chi connectivity index (χ0v) is 9.93. The summed E-state index contributed by atoms with van der Waals surface area (Å²) in [6.07, 6.45) is 1.60. The maximum absolute atomic E-state index is 12.1. The van der Waals surface area contributed by atoms with E-state index in [1.807, 2.05) is 12.1 Å². The first-order valence-corrected chi connectivity index (χ1v) is 5.86. The van der Waals surface area contributed by atoms with Crippen molar-refractivity contribution in [3.8, 4) is 0 Å². The van der Waals surface area contributed by atoms with Gasteiger partial charge in [-0.2, -0.15) is 0 Å². The standard InChI is InChI=1S/C12H18N2O3/c1-9-5-13-11(8-15)12(16)14(6-9)7-10-3-2-4-17-10/h2-4,9,11,13,15H,5-8H2,1H3. The van der Waals surface area contributed by atoms with Gasteiger partial charge in [0.2, 0.25) is 5.91 Å². The number of furan rings is 1. The lowest BCUT2D eigenvalue weighted by atomic mass is 10.2. The van der Waals surface area contributed by atoms with E-state index >= 15 is 0 Å². The molecule has 0 aliphatic carbocycles. The van der Waals surface area contributed by atoms with Gasteiger partial charge in [0.1, 0.15) is 11.8 Å². The molecule has 1 amide bonds. The summed E-state index contributed by atoms with van der Waals surface area (Å²) in [7, 11) is 0. The van der Waals surface area contributed by atoms with Crippen molar-refractivity contribution in [3.05, 3.63) is 24.2 Å². The van der Waals surface area contributed by atoms with E-state index in [2.05, 4.69) is 12.2 Å². The van der Waals surface area contributed by atoms with Crippen molar-refractivity contribution in [2.75, 3.05) is 19.7 Å². The number of nitrogens with zero attached hydrogens (tertiary/aromatic N) is 1. The molecule has 1 aromatic heterocycles. The Kier molecular flexibility index (Phi) is 3.81. The Bertz CT molecular complexity index is 364. The third kappa shape index (κ3) is 2.87. The van der Waals surface area contributed by atoms with Crippen LogP contribution in [0, 0.1) is 5.92 Å². The van der Waals surface area contributed by atoms with Crippen LogP contribution in [0.4, 0.5) is 0 Å². The van der Waals surface area contributed by atoms with Gasteiger partial charge < -0.3 is 19.7 Å². The predicted octanol–water partition coefficient (Wildman–Crippen LogP) is 0.208. The van der Waals surface area contributed by atoms with E-state index in [1.165, 1.54) is 0 Å². The van der Waals surface area contributed by atoms with Crippen LogP contribution in [0.3, 0.4) is 0 Å². The van der Waals surface area contributed by atoms with Gasteiger partial charge in [0, 0.05) is 13.1 Å². The van der Waals surface area contributed by atoms with E-state index in [0.29, 0.717) is 19.0 Å². The molecule has 1 aliphatic rings. The Balaban J connectivity index is 2.09. The number of rotatable bonds is 3. The summed E-state index contributed by atoms with van der Waals surface area (Å²) in [5, 5.41) is 12.3. The highest BCUT2D eigenvalue weighted by Crippen LogP contribution is 2.12. The average molecular weight is 238 g/mol. The van der Waals surface area contributed by atoms with Crippen LogP contribution in [0.5, 0.6) is 0 Å². The maximum Gasteiger partial charge on any atom is 0.242 e. The molecule has 2 N–H and O–H groups in total. The maximum atomic E-state index is 12.1. The lowest BCUT2D eigenvalue weighted by Crippen LogP contribution is -2.45. The van der Waals surface area contributed by atoms with Crippen LogP contribution >= 0.6 is 0 Å². The van der Waals surface area contributed by atoms with Crippen LogP contribution < -0.4 is 5.32 Å². The molecule has 2 unspecified atom stereocenters. The molecule has 0 saturated carbocycles. The molecule has 2 heterocycles. The fraction of sp³-hybridized carbons (Fsp3) is 0.583. The summed E-state index contributed by atoms with van der Waals surface area (Å²) in [6.45, 7) is 3.80. The van der Waals surface area contributed by atoms with Gasteiger partial charge >= 0.3 is 0 Å². The fourth-order valence-corrected chi connectivity index (χ4v) is 2.06.